The fourth-order valence-corrected chi connectivity index (χ4v) is 1.56. The van der Waals surface area contributed by atoms with Gasteiger partial charge in [-0.05, 0) is 18.6 Å². The van der Waals surface area contributed by atoms with Crippen LogP contribution in [0.15, 0.2) is 30.6 Å². The zero-order valence-corrected chi connectivity index (χ0v) is 8.31. The van der Waals surface area contributed by atoms with Crippen LogP contribution in [-0.4, -0.2) is 23.1 Å². The number of hydrogen-bond acceptors (Lipinski definition) is 2. The van der Waals surface area contributed by atoms with Gasteiger partial charge in [0, 0.05) is 26.3 Å². The third kappa shape index (κ3) is 1.77. The summed E-state index contributed by atoms with van der Waals surface area (Å²) in [6.45, 7) is 0.793. The highest BCUT2D eigenvalue weighted by molar-refractivity contribution is 5.45. The zero-order valence-electron chi connectivity index (χ0n) is 8.31. The largest absolute Gasteiger partial charge is 0.385 e. The van der Waals surface area contributed by atoms with Crippen molar-refractivity contribution in [2.45, 2.75) is 12.8 Å². The Hall–Kier alpha value is -1.35. The Balaban J connectivity index is 2.17. The minimum atomic E-state index is 0.793. The summed E-state index contributed by atoms with van der Waals surface area (Å²) in [6.07, 6.45) is 5.93. The van der Waals surface area contributed by atoms with Crippen LogP contribution in [0.1, 0.15) is 12.2 Å². The van der Waals surface area contributed by atoms with E-state index in [4.69, 9.17) is 4.74 Å². The molecule has 0 fully saturated rings. The van der Waals surface area contributed by atoms with Crippen molar-refractivity contribution in [3.8, 4) is 0 Å². The molecule has 0 bridgehead atoms. The number of methoxy groups -OCH3 is 1. The van der Waals surface area contributed by atoms with Gasteiger partial charge in [0.05, 0.1) is 11.7 Å². The number of aryl methyl sites for hydroxylation is 1. The predicted molar refractivity (Wildman–Crippen MR) is 55.4 cm³/mol. The van der Waals surface area contributed by atoms with Gasteiger partial charge in [0.25, 0.3) is 0 Å². The van der Waals surface area contributed by atoms with Gasteiger partial charge in [-0.2, -0.15) is 0 Å². The fourth-order valence-electron chi connectivity index (χ4n) is 1.56. The molecule has 2 heterocycles. The summed E-state index contributed by atoms with van der Waals surface area (Å²) in [6, 6.07) is 6.11. The first-order valence-corrected chi connectivity index (χ1v) is 4.82. The second-order valence-electron chi connectivity index (χ2n) is 3.27. The van der Waals surface area contributed by atoms with E-state index in [-0.39, 0.29) is 0 Å². The summed E-state index contributed by atoms with van der Waals surface area (Å²) < 4.78 is 7.14. The first kappa shape index (κ1) is 9.21. The third-order valence-electron chi connectivity index (χ3n) is 2.26. The van der Waals surface area contributed by atoms with Crippen molar-refractivity contribution in [1.82, 2.24) is 9.38 Å². The van der Waals surface area contributed by atoms with Crippen molar-refractivity contribution in [2.24, 2.45) is 0 Å². The Labute approximate surface area is 83.3 Å². The SMILES string of the molecule is COCCCc1ncc2ccccn12. The van der Waals surface area contributed by atoms with Crippen LogP contribution in [-0.2, 0) is 11.2 Å². The number of aromatic nitrogens is 2. The zero-order chi connectivity index (χ0) is 9.80. The number of imidazole rings is 1. The molecular weight excluding hydrogens is 176 g/mol. The lowest BCUT2D eigenvalue weighted by Crippen LogP contribution is -1.97. The van der Waals surface area contributed by atoms with E-state index in [0.717, 1.165) is 30.8 Å². The number of nitrogens with zero attached hydrogens (tertiary/aromatic N) is 2. The average molecular weight is 190 g/mol. The predicted octanol–water partition coefficient (Wildman–Crippen LogP) is 1.91. The quantitative estimate of drug-likeness (QED) is 0.688. The van der Waals surface area contributed by atoms with Crippen molar-refractivity contribution in [3.63, 3.8) is 0 Å². The van der Waals surface area contributed by atoms with Gasteiger partial charge in [0.2, 0.25) is 0 Å². The van der Waals surface area contributed by atoms with Crippen LogP contribution in [0.3, 0.4) is 0 Å². The molecule has 0 saturated carbocycles. The van der Waals surface area contributed by atoms with Crippen molar-refractivity contribution in [1.29, 1.82) is 0 Å². The van der Waals surface area contributed by atoms with Crippen LogP contribution in [0.25, 0.3) is 5.52 Å². The Bertz CT molecular complexity index is 408. The average Bonchev–Trinajstić information content (AvgIpc) is 2.63. The van der Waals surface area contributed by atoms with E-state index in [9.17, 15) is 0 Å². The van der Waals surface area contributed by atoms with Crippen molar-refractivity contribution < 1.29 is 4.74 Å². The van der Waals surface area contributed by atoms with Crippen LogP contribution in [0.5, 0.6) is 0 Å². The highest BCUT2D eigenvalue weighted by atomic mass is 16.5. The lowest BCUT2D eigenvalue weighted by molar-refractivity contribution is 0.194. The summed E-state index contributed by atoms with van der Waals surface area (Å²) in [5.74, 6) is 1.11. The molecule has 0 radical (unpaired) electrons. The van der Waals surface area contributed by atoms with Crippen molar-refractivity contribution in [3.05, 3.63) is 36.4 Å². The number of ether oxygens (including phenoxy) is 1. The molecular formula is C11H14N2O. The second-order valence-corrected chi connectivity index (χ2v) is 3.27. The molecule has 0 amide bonds. The molecule has 0 spiro atoms. The van der Waals surface area contributed by atoms with E-state index in [1.54, 1.807) is 7.11 Å². The van der Waals surface area contributed by atoms with Gasteiger partial charge in [-0.1, -0.05) is 6.07 Å². The summed E-state index contributed by atoms with van der Waals surface area (Å²) >= 11 is 0. The lowest BCUT2D eigenvalue weighted by atomic mass is 10.3. The molecule has 0 N–H and O–H groups in total. The van der Waals surface area contributed by atoms with Crippen LogP contribution in [0.2, 0.25) is 0 Å². The van der Waals surface area contributed by atoms with Crippen LogP contribution >= 0.6 is 0 Å². The van der Waals surface area contributed by atoms with Crippen LogP contribution in [0, 0.1) is 0 Å². The van der Waals surface area contributed by atoms with Gasteiger partial charge in [0.1, 0.15) is 5.82 Å². The highest BCUT2D eigenvalue weighted by Crippen LogP contribution is 2.07. The molecule has 0 aliphatic rings. The lowest BCUT2D eigenvalue weighted by Gasteiger charge is -2.00. The molecule has 0 aromatic carbocycles. The Kier molecular flexibility index (Phi) is 2.79. The number of pyridine rings is 1. The molecule has 3 heteroatoms. The Morgan fingerprint density at radius 3 is 3.21 bits per heavy atom. The molecule has 0 unspecified atom stereocenters. The van der Waals surface area contributed by atoms with E-state index >= 15 is 0 Å². The van der Waals surface area contributed by atoms with E-state index < -0.39 is 0 Å². The van der Waals surface area contributed by atoms with Gasteiger partial charge in [-0.15, -0.1) is 0 Å². The molecule has 2 rings (SSSR count). The minimum Gasteiger partial charge on any atom is -0.385 e. The summed E-state index contributed by atoms with van der Waals surface area (Å²) in [5.41, 5.74) is 1.15. The Morgan fingerprint density at radius 1 is 1.43 bits per heavy atom. The topological polar surface area (TPSA) is 26.5 Å². The monoisotopic (exact) mass is 190 g/mol. The standard InChI is InChI=1S/C11H14N2O/c1-14-8-4-6-11-12-9-10-5-2-3-7-13(10)11/h2-3,5,7,9H,4,6,8H2,1H3. The maximum Gasteiger partial charge on any atom is 0.113 e. The first-order valence-electron chi connectivity index (χ1n) is 4.82. The molecule has 74 valence electrons. The summed E-state index contributed by atoms with van der Waals surface area (Å²) in [7, 11) is 1.73. The van der Waals surface area contributed by atoms with Crippen LogP contribution in [0.4, 0.5) is 0 Å². The fraction of sp³-hybridized carbons (Fsp3) is 0.364. The maximum absolute atomic E-state index is 5.02. The highest BCUT2D eigenvalue weighted by Gasteiger charge is 2.01. The van der Waals surface area contributed by atoms with Crippen molar-refractivity contribution >= 4 is 5.52 Å². The molecule has 2 aromatic rings. The number of rotatable bonds is 4. The molecule has 0 aliphatic carbocycles. The smallest absolute Gasteiger partial charge is 0.113 e. The van der Waals surface area contributed by atoms with E-state index in [2.05, 4.69) is 15.5 Å². The van der Waals surface area contributed by atoms with Crippen LogP contribution < -0.4 is 0 Å². The van der Waals surface area contributed by atoms with E-state index in [1.165, 1.54) is 0 Å². The second kappa shape index (κ2) is 4.24. The third-order valence-corrected chi connectivity index (χ3v) is 2.26. The van der Waals surface area contributed by atoms with E-state index in [0.29, 0.717) is 0 Å². The van der Waals surface area contributed by atoms with Gasteiger partial charge in [0.15, 0.2) is 0 Å². The Morgan fingerprint density at radius 2 is 2.36 bits per heavy atom. The molecule has 0 aliphatic heterocycles. The summed E-state index contributed by atoms with van der Waals surface area (Å²) in [4.78, 5) is 4.37. The van der Waals surface area contributed by atoms with Crippen molar-refractivity contribution in [2.75, 3.05) is 13.7 Å². The molecule has 0 atom stereocenters. The van der Waals surface area contributed by atoms with E-state index in [1.807, 2.05) is 24.5 Å². The van der Waals surface area contributed by atoms with Gasteiger partial charge < -0.3 is 9.14 Å². The normalized spacial score (nSPS) is 10.9. The van der Waals surface area contributed by atoms with Gasteiger partial charge in [-0.3, -0.25) is 0 Å². The molecule has 0 saturated heterocycles. The summed E-state index contributed by atoms with van der Waals surface area (Å²) in [5, 5.41) is 0. The maximum atomic E-state index is 5.02. The molecule has 14 heavy (non-hydrogen) atoms. The minimum absolute atomic E-state index is 0.793. The van der Waals surface area contributed by atoms with Gasteiger partial charge >= 0.3 is 0 Å². The molecule has 2 aromatic heterocycles. The number of fused-ring (bicyclic) bond motifs is 1. The number of hydrogen-bond donors (Lipinski definition) is 0. The van der Waals surface area contributed by atoms with Gasteiger partial charge in [-0.25, -0.2) is 4.98 Å². The first-order chi connectivity index (χ1) is 6.92. The molecule has 3 nitrogen and oxygen atoms in total.